The Balaban J connectivity index is 0.00000208. The predicted octanol–water partition coefficient (Wildman–Crippen LogP) is 3.13. The van der Waals surface area contributed by atoms with Crippen LogP contribution in [-0.4, -0.2) is 30.1 Å². The molecule has 3 rings (SSSR count). The van der Waals surface area contributed by atoms with Gasteiger partial charge in [0, 0.05) is 17.8 Å². The van der Waals surface area contributed by atoms with Crippen LogP contribution >= 0.6 is 35.3 Å². The highest BCUT2D eigenvalue weighted by Gasteiger charge is 2.22. The number of benzene rings is 1. The second-order valence-electron chi connectivity index (χ2n) is 5.49. The number of hydrogen-bond donors (Lipinski definition) is 2. The van der Waals surface area contributed by atoms with Crippen LogP contribution in [0.15, 0.2) is 34.8 Å². The molecule has 0 amide bonds. The molecule has 0 saturated heterocycles. The fourth-order valence-corrected chi connectivity index (χ4v) is 3.25. The third kappa shape index (κ3) is 4.83. The van der Waals surface area contributed by atoms with E-state index in [0.717, 1.165) is 36.9 Å². The molecule has 130 valence electrons. The molecule has 1 aliphatic rings. The van der Waals surface area contributed by atoms with Crippen LogP contribution in [0.5, 0.6) is 5.75 Å². The number of fused-ring (bicyclic) bond motifs is 1. The van der Waals surface area contributed by atoms with Gasteiger partial charge < -0.3 is 15.4 Å². The van der Waals surface area contributed by atoms with Gasteiger partial charge in [-0.3, -0.25) is 0 Å². The molecule has 24 heavy (non-hydrogen) atoms. The third-order valence-corrected chi connectivity index (χ3v) is 4.70. The fraction of sp³-hybridized carbons (Fsp3) is 0.412. The summed E-state index contributed by atoms with van der Waals surface area (Å²) in [5.74, 6) is 1.82. The van der Waals surface area contributed by atoms with Gasteiger partial charge in [-0.1, -0.05) is 18.2 Å². The van der Waals surface area contributed by atoms with Crippen LogP contribution in [-0.2, 0) is 13.0 Å². The van der Waals surface area contributed by atoms with Crippen molar-refractivity contribution in [1.82, 2.24) is 15.6 Å². The highest BCUT2D eigenvalue weighted by atomic mass is 127. The minimum absolute atomic E-state index is 0. The van der Waals surface area contributed by atoms with Gasteiger partial charge in [0.05, 0.1) is 24.3 Å². The van der Waals surface area contributed by atoms with Crippen molar-refractivity contribution in [2.24, 2.45) is 4.99 Å². The molecule has 0 bridgehead atoms. The molecule has 2 heterocycles. The number of rotatable bonds is 5. The van der Waals surface area contributed by atoms with Crippen molar-refractivity contribution in [2.75, 3.05) is 13.1 Å². The highest BCUT2D eigenvalue weighted by Crippen LogP contribution is 2.27. The first-order valence-electron chi connectivity index (χ1n) is 7.92. The molecule has 1 unspecified atom stereocenters. The molecular weight excluding hydrogens is 435 g/mol. The number of thiazole rings is 1. The molecule has 0 radical (unpaired) electrons. The molecule has 2 N–H and O–H groups in total. The lowest BCUT2D eigenvalue weighted by Crippen LogP contribution is -2.42. The lowest BCUT2D eigenvalue weighted by atomic mass is 10.1. The zero-order valence-electron chi connectivity index (χ0n) is 13.9. The molecule has 0 spiro atoms. The summed E-state index contributed by atoms with van der Waals surface area (Å²) in [7, 11) is 0. The Morgan fingerprint density at radius 1 is 1.38 bits per heavy atom. The van der Waals surface area contributed by atoms with Gasteiger partial charge in [0.2, 0.25) is 0 Å². The van der Waals surface area contributed by atoms with E-state index in [-0.39, 0.29) is 30.1 Å². The van der Waals surface area contributed by atoms with Crippen LogP contribution in [0.1, 0.15) is 23.1 Å². The van der Waals surface area contributed by atoms with Crippen molar-refractivity contribution in [3.05, 3.63) is 45.9 Å². The molecule has 5 nitrogen and oxygen atoms in total. The molecule has 0 fully saturated rings. The number of aliphatic imine (C=N–C) groups is 1. The summed E-state index contributed by atoms with van der Waals surface area (Å²) in [4.78, 5) is 10.1. The summed E-state index contributed by atoms with van der Waals surface area (Å²) < 4.78 is 5.95. The molecule has 1 aromatic carbocycles. The van der Waals surface area contributed by atoms with E-state index in [2.05, 4.69) is 39.7 Å². The summed E-state index contributed by atoms with van der Waals surface area (Å²) >= 11 is 1.65. The normalized spacial score (nSPS) is 16.1. The molecule has 1 atom stereocenters. The molecule has 0 saturated carbocycles. The Bertz CT molecular complexity index is 664. The number of guanidine groups is 1. The first-order chi connectivity index (χ1) is 11.3. The SMILES string of the molecule is CCNC(=NCc1scnc1C)NCC1Cc2ccccc2O1.I. The van der Waals surface area contributed by atoms with Gasteiger partial charge in [0.1, 0.15) is 11.9 Å². The number of halogens is 1. The topological polar surface area (TPSA) is 58.5 Å². The fourth-order valence-electron chi connectivity index (χ4n) is 2.55. The summed E-state index contributed by atoms with van der Waals surface area (Å²) in [6.07, 6.45) is 1.10. The number of ether oxygens (including phenoxy) is 1. The van der Waals surface area contributed by atoms with Crippen molar-refractivity contribution in [3.8, 4) is 5.75 Å². The maximum absolute atomic E-state index is 5.95. The smallest absolute Gasteiger partial charge is 0.191 e. The Hall–Kier alpha value is -1.35. The van der Waals surface area contributed by atoms with Crippen molar-refractivity contribution in [3.63, 3.8) is 0 Å². The van der Waals surface area contributed by atoms with Crippen LogP contribution in [0.4, 0.5) is 0 Å². The first kappa shape index (κ1) is 19.0. The maximum Gasteiger partial charge on any atom is 0.191 e. The van der Waals surface area contributed by atoms with Gasteiger partial charge in [-0.05, 0) is 25.5 Å². The van der Waals surface area contributed by atoms with Crippen LogP contribution in [0, 0.1) is 6.92 Å². The van der Waals surface area contributed by atoms with Gasteiger partial charge in [-0.15, -0.1) is 35.3 Å². The van der Waals surface area contributed by atoms with Gasteiger partial charge >= 0.3 is 0 Å². The zero-order chi connectivity index (χ0) is 16.1. The monoisotopic (exact) mass is 458 g/mol. The highest BCUT2D eigenvalue weighted by molar-refractivity contribution is 14.0. The van der Waals surface area contributed by atoms with Gasteiger partial charge in [0.15, 0.2) is 5.96 Å². The molecule has 7 heteroatoms. The Labute approximate surface area is 164 Å². The summed E-state index contributed by atoms with van der Waals surface area (Å²) in [6, 6.07) is 8.22. The number of hydrogen-bond acceptors (Lipinski definition) is 4. The Morgan fingerprint density at radius 3 is 2.92 bits per heavy atom. The minimum atomic E-state index is 0. The van der Waals surface area contributed by atoms with Crippen LogP contribution in [0.25, 0.3) is 0 Å². The van der Waals surface area contributed by atoms with E-state index in [4.69, 9.17) is 4.74 Å². The third-order valence-electron chi connectivity index (χ3n) is 3.78. The molecule has 0 aliphatic carbocycles. The van der Waals surface area contributed by atoms with Crippen molar-refractivity contribution in [2.45, 2.75) is 32.9 Å². The summed E-state index contributed by atoms with van der Waals surface area (Å²) in [5, 5.41) is 6.65. The number of para-hydroxylation sites is 1. The van der Waals surface area contributed by atoms with E-state index in [9.17, 15) is 0 Å². The lowest BCUT2D eigenvalue weighted by Gasteiger charge is -2.15. The summed E-state index contributed by atoms with van der Waals surface area (Å²) in [5.41, 5.74) is 4.20. The van der Waals surface area contributed by atoms with E-state index >= 15 is 0 Å². The number of nitrogens with zero attached hydrogens (tertiary/aromatic N) is 2. The molecule has 2 aromatic rings. The minimum Gasteiger partial charge on any atom is -0.488 e. The standard InChI is InChI=1S/C17H22N4OS.HI/c1-3-18-17(20-10-16-12(2)21-11-23-16)19-9-14-8-13-6-4-5-7-15(13)22-14;/h4-7,11,14H,3,8-10H2,1-2H3,(H2,18,19,20);1H. The average Bonchev–Trinajstić information content (AvgIpc) is 3.15. The van der Waals surface area contributed by atoms with Crippen LogP contribution in [0.3, 0.4) is 0 Å². The predicted molar refractivity (Wildman–Crippen MR) is 110 cm³/mol. The van der Waals surface area contributed by atoms with E-state index < -0.39 is 0 Å². The zero-order valence-corrected chi connectivity index (χ0v) is 17.1. The largest absolute Gasteiger partial charge is 0.488 e. The Kier molecular flexibility index (Phi) is 7.29. The van der Waals surface area contributed by atoms with Crippen molar-refractivity contribution in [1.29, 1.82) is 0 Å². The van der Waals surface area contributed by atoms with E-state index in [0.29, 0.717) is 6.54 Å². The van der Waals surface area contributed by atoms with Crippen LogP contribution < -0.4 is 15.4 Å². The lowest BCUT2D eigenvalue weighted by molar-refractivity contribution is 0.235. The quantitative estimate of drug-likeness (QED) is 0.411. The van der Waals surface area contributed by atoms with E-state index in [1.54, 1.807) is 11.3 Å². The Morgan fingerprint density at radius 2 is 2.21 bits per heavy atom. The summed E-state index contributed by atoms with van der Waals surface area (Å²) in [6.45, 7) is 6.31. The van der Waals surface area contributed by atoms with Gasteiger partial charge in [-0.25, -0.2) is 9.98 Å². The van der Waals surface area contributed by atoms with Gasteiger partial charge in [0.25, 0.3) is 0 Å². The molecule has 1 aliphatic heterocycles. The second-order valence-corrected chi connectivity index (χ2v) is 6.43. The number of nitrogens with one attached hydrogen (secondary N) is 2. The second kappa shape index (κ2) is 9.22. The molecular formula is C17H23IN4OS. The number of aromatic nitrogens is 1. The first-order valence-corrected chi connectivity index (χ1v) is 8.80. The van der Waals surface area contributed by atoms with Crippen LogP contribution in [0.2, 0.25) is 0 Å². The molecule has 1 aromatic heterocycles. The maximum atomic E-state index is 5.95. The van der Waals surface area contributed by atoms with Crippen molar-refractivity contribution < 1.29 is 4.74 Å². The van der Waals surface area contributed by atoms with E-state index in [1.807, 2.05) is 24.6 Å². The number of aryl methyl sites for hydroxylation is 1. The van der Waals surface area contributed by atoms with Gasteiger partial charge in [-0.2, -0.15) is 0 Å². The van der Waals surface area contributed by atoms with E-state index in [1.165, 1.54) is 10.4 Å². The van der Waals surface area contributed by atoms with Crippen molar-refractivity contribution >= 4 is 41.3 Å². The average molecular weight is 458 g/mol.